The number of rotatable bonds is 5. The largest absolute Gasteiger partial charge is 0.367 e. The first kappa shape index (κ1) is 21.0. The van der Waals surface area contributed by atoms with E-state index in [4.69, 9.17) is 5.26 Å². The van der Waals surface area contributed by atoms with Crippen LogP contribution in [0.3, 0.4) is 0 Å². The highest BCUT2D eigenvalue weighted by Gasteiger charge is 2.19. The molecule has 1 N–H and O–H groups in total. The molecule has 0 radical (unpaired) electrons. The molecule has 1 aliphatic rings. The van der Waals surface area contributed by atoms with Crippen LogP contribution in [0.25, 0.3) is 10.8 Å². The Morgan fingerprint density at radius 2 is 1.84 bits per heavy atom. The van der Waals surface area contributed by atoms with Gasteiger partial charge in [0.2, 0.25) is 0 Å². The highest BCUT2D eigenvalue weighted by atomic mass is 19.1. The molecule has 160 valence electrons. The Morgan fingerprint density at radius 3 is 2.55 bits per heavy atom. The fourth-order valence-corrected chi connectivity index (χ4v) is 4.21. The summed E-state index contributed by atoms with van der Waals surface area (Å²) in [5.41, 5.74) is 2.17. The van der Waals surface area contributed by atoms with Crippen molar-refractivity contribution in [3.8, 4) is 6.07 Å². The molecule has 0 amide bonds. The summed E-state index contributed by atoms with van der Waals surface area (Å²) in [5, 5.41) is 9.67. The Kier molecular flexibility index (Phi) is 6.01. The number of aryl methyl sites for hydroxylation is 2. The molecule has 31 heavy (non-hydrogen) atoms. The molecule has 0 bridgehead atoms. The van der Waals surface area contributed by atoms with Crippen molar-refractivity contribution in [2.24, 2.45) is 0 Å². The summed E-state index contributed by atoms with van der Waals surface area (Å²) >= 11 is 0. The Morgan fingerprint density at radius 1 is 1.06 bits per heavy atom. The topological polar surface area (TPSA) is 63.1 Å². The molecule has 2 heterocycles. The number of anilines is 1. The third-order valence-corrected chi connectivity index (χ3v) is 5.94. The minimum Gasteiger partial charge on any atom is -0.367 e. The number of aromatic nitrogens is 1. The van der Waals surface area contributed by atoms with Gasteiger partial charge in [0, 0.05) is 31.9 Å². The van der Waals surface area contributed by atoms with Crippen LogP contribution in [-0.4, -0.2) is 42.6 Å². The summed E-state index contributed by atoms with van der Waals surface area (Å²) in [6.07, 6.45) is 1.56. The second kappa shape index (κ2) is 8.86. The van der Waals surface area contributed by atoms with E-state index in [0.717, 1.165) is 37.3 Å². The minimum absolute atomic E-state index is 0.120. The number of hydrogen-bond donors (Lipinski definition) is 1. The van der Waals surface area contributed by atoms with E-state index in [9.17, 15) is 13.6 Å². The van der Waals surface area contributed by atoms with E-state index in [1.165, 1.54) is 12.1 Å². The van der Waals surface area contributed by atoms with Crippen LogP contribution < -0.4 is 10.5 Å². The van der Waals surface area contributed by atoms with Crippen molar-refractivity contribution in [2.45, 2.75) is 19.8 Å². The summed E-state index contributed by atoms with van der Waals surface area (Å²) in [7, 11) is 0. The van der Waals surface area contributed by atoms with Gasteiger partial charge in [0.05, 0.1) is 22.7 Å². The van der Waals surface area contributed by atoms with E-state index in [1.807, 2.05) is 24.0 Å². The first-order chi connectivity index (χ1) is 15.0. The van der Waals surface area contributed by atoms with E-state index in [-0.39, 0.29) is 16.8 Å². The van der Waals surface area contributed by atoms with Gasteiger partial charge in [0.1, 0.15) is 11.6 Å². The average Bonchev–Trinajstić information content (AvgIpc) is 2.76. The number of halogens is 2. The Bertz CT molecular complexity index is 1210. The Labute approximate surface area is 179 Å². The van der Waals surface area contributed by atoms with Crippen LogP contribution >= 0.6 is 0 Å². The molecular weight excluding hydrogens is 398 g/mol. The number of pyridine rings is 1. The van der Waals surface area contributed by atoms with Crippen molar-refractivity contribution in [2.75, 3.05) is 37.6 Å². The van der Waals surface area contributed by atoms with Crippen molar-refractivity contribution in [3.63, 3.8) is 0 Å². The standard InChI is InChI=1S/C24H24F2N4O/c1-16-4-6-20(25)23-19(16)14-18(28-24(23)31)3-2-8-29-9-11-30(12-10-29)22-7-5-17(15-27)13-21(22)26/h4-7,13-14H,2-3,8-12H2,1H3,(H,28,31). The van der Waals surface area contributed by atoms with Gasteiger partial charge in [-0.3, -0.25) is 9.69 Å². The number of nitrogens with zero attached hydrogens (tertiary/aromatic N) is 3. The quantitative estimate of drug-likeness (QED) is 0.680. The average molecular weight is 422 g/mol. The van der Waals surface area contributed by atoms with Gasteiger partial charge in [-0.25, -0.2) is 8.78 Å². The number of fused-ring (bicyclic) bond motifs is 1. The molecule has 7 heteroatoms. The van der Waals surface area contributed by atoms with Gasteiger partial charge >= 0.3 is 0 Å². The highest BCUT2D eigenvalue weighted by Crippen LogP contribution is 2.22. The number of benzene rings is 2. The molecule has 0 aliphatic carbocycles. The van der Waals surface area contributed by atoms with Gasteiger partial charge in [0.15, 0.2) is 0 Å². The lowest BCUT2D eigenvalue weighted by molar-refractivity contribution is 0.254. The molecule has 0 atom stereocenters. The zero-order valence-corrected chi connectivity index (χ0v) is 17.4. The van der Waals surface area contributed by atoms with Gasteiger partial charge in [0.25, 0.3) is 5.56 Å². The Balaban J connectivity index is 1.33. The maximum Gasteiger partial charge on any atom is 0.259 e. The fraction of sp³-hybridized carbons (Fsp3) is 0.333. The summed E-state index contributed by atoms with van der Waals surface area (Å²) < 4.78 is 28.2. The van der Waals surface area contributed by atoms with Crippen LogP contribution in [0.1, 0.15) is 23.2 Å². The number of nitrogens with one attached hydrogen (secondary N) is 1. The van der Waals surface area contributed by atoms with E-state index in [0.29, 0.717) is 36.1 Å². The van der Waals surface area contributed by atoms with Crippen molar-refractivity contribution in [3.05, 3.63) is 75.2 Å². The predicted molar refractivity (Wildman–Crippen MR) is 117 cm³/mol. The van der Waals surface area contributed by atoms with Gasteiger partial charge in [-0.1, -0.05) is 6.07 Å². The lowest BCUT2D eigenvalue weighted by atomic mass is 10.0. The maximum atomic E-state index is 14.2. The fourth-order valence-electron chi connectivity index (χ4n) is 4.21. The summed E-state index contributed by atoms with van der Waals surface area (Å²) in [6, 6.07) is 11.4. The van der Waals surface area contributed by atoms with Gasteiger partial charge in [-0.05, 0) is 67.6 Å². The molecule has 1 saturated heterocycles. The molecule has 0 unspecified atom stereocenters. The number of piperazine rings is 1. The predicted octanol–water partition coefficient (Wildman–Crippen LogP) is 3.74. The molecule has 1 aliphatic heterocycles. The molecule has 1 aromatic heterocycles. The van der Waals surface area contributed by atoms with Crippen molar-refractivity contribution in [1.82, 2.24) is 9.88 Å². The van der Waals surface area contributed by atoms with Crippen molar-refractivity contribution >= 4 is 16.5 Å². The second-order valence-corrected chi connectivity index (χ2v) is 7.99. The SMILES string of the molecule is Cc1ccc(F)c2c(=O)[nH]c(CCCN3CCN(c4ccc(C#N)cc4F)CC3)cc12. The lowest BCUT2D eigenvalue weighted by Gasteiger charge is -2.36. The highest BCUT2D eigenvalue weighted by molar-refractivity contribution is 5.85. The monoisotopic (exact) mass is 422 g/mol. The summed E-state index contributed by atoms with van der Waals surface area (Å²) in [5.74, 6) is -0.857. The van der Waals surface area contributed by atoms with Crippen molar-refractivity contribution in [1.29, 1.82) is 5.26 Å². The minimum atomic E-state index is -0.495. The van der Waals surface area contributed by atoms with Gasteiger partial charge < -0.3 is 9.88 Å². The second-order valence-electron chi connectivity index (χ2n) is 7.99. The molecular formula is C24H24F2N4O. The lowest BCUT2D eigenvalue weighted by Crippen LogP contribution is -2.47. The van der Waals surface area contributed by atoms with E-state index in [1.54, 1.807) is 18.2 Å². The van der Waals surface area contributed by atoms with Gasteiger partial charge in [-0.15, -0.1) is 0 Å². The number of hydrogen-bond acceptors (Lipinski definition) is 4. The third kappa shape index (κ3) is 4.44. The zero-order chi connectivity index (χ0) is 22.0. The maximum absolute atomic E-state index is 14.2. The van der Waals surface area contributed by atoms with Crippen LogP contribution in [0.15, 0.2) is 41.2 Å². The van der Waals surface area contributed by atoms with Gasteiger partial charge in [-0.2, -0.15) is 5.26 Å². The van der Waals surface area contributed by atoms with Crippen LogP contribution in [0.2, 0.25) is 0 Å². The van der Waals surface area contributed by atoms with Crippen LogP contribution in [0.5, 0.6) is 0 Å². The summed E-state index contributed by atoms with van der Waals surface area (Å²) in [4.78, 5) is 19.5. The van der Waals surface area contributed by atoms with E-state index in [2.05, 4.69) is 9.88 Å². The first-order valence-electron chi connectivity index (χ1n) is 10.4. The molecule has 0 spiro atoms. The smallest absolute Gasteiger partial charge is 0.259 e. The molecule has 5 nitrogen and oxygen atoms in total. The molecule has 0 saturated carbocycles. The Hall–Kier alpha value is -3.24. The first-order valence-corrected chi connectivity index (χ1v) is 10.4. The normalized spacial score (nSPS) is 14.7. The van der Waals surface area contributed by atoms with E-state index < -0.39 is 5.82 Å². The van der Waals surface area contributed by atoms with E-state index >= 15 is 0 Å². The number of aromatic amines is 1. The molecule has 2 aromatic carbocycles. The summed E-state index contributed by atoms with van der Waals surface area (Å²) in [6.45, 7) is 5.81. The molecule has 1 fully saturated rings. The third-order valence-electron chi connectivity index (χ3n) is 5.94. The molecule has 3 aromatic rings. The van der Waals surface area contributed by atoms with Crippen LogP contribution in [-0.2, 0) is 6.42 Å². The number of nitriles is 1. The molecule has 4 rings (SSSR count). The zero-order valence-electron chi connectivity index (χ0n) is 17.4. The number of H-pyrrole nitrogens is 1. The van der Waals surface area contributed by atoms with Crippen LogP contribution in [0.4, 0.5) is 14.5 Å². The van der Waals surface area contributed by atoms with Crippen LogP contribution in [0, 0.1) is 29.9 Å². The van der Waals surface area contributed by atoms with Crippen molar-refractivity contribution < 1.29 is 8.78 Å².